The van der Waals surface area contributed by atoms with Crippen molar-refractivity contribution in [2.24, 2.45) is 5.10 Å². The first-order valence-electron chi connectivity index (χ1n) is 6.17. The summed E-state index contributed by atoms with van der Waals surface area (Å²) in [5.74, 6) is 1.39. The van der Waals surface area contributed by atoms with Crippen LogP contribution < -0.4 is 5.43 Å². The molecule has 0 amide bonds. The molecule has 2 rings (SSSR count). The number of furan rings is 1. The molecule has 0 bridgehead atoms. The number of hydrazone groups is 1. The Hall–Kier alpha value is -3.23. The maximum absolute atomic E-state index is 11.0. The van der Waals surface area contributed by atoms with E-state index < -0.39 is 15.5 Å². The van der Waals surface area contributed by atoms with Crippen molar-refractivity contribution < 1.29 is 14.3 Å². The molecule has 0 aliphatic rings. The number of nitrogens with one attached hydrogen (secondary N) is 1. The number of rotatable bonds is 5. The third kappa shape index (κ3) is 3.26. The second-order valence-electron chi connectivity index (χ2n) is 4.45. The minimum absolute atomic E-state index is 0.0599. The number of nitro benzene ring substituents is 2. The number of benzene rings is 1. The summed E-state index contributed by atoms with van der Waals surface area (Å²) in [5.41, 5.74) is 2.52. The fraction of sp³-hybridized carbons (Fsp3) is 0.154. The summed E-state index contributed by atoms with van der Waals surface area (Å²) in [7, 11) is 0. The van der Waals surface area contributed by atoms with E-state index in [-0.39, 0.29) is 11.4 Å². The Labute approximate surface area is 124 Å². The van der Waals surface area contributed by atoms with Gasteiger partial charge in [0.2, 0.25) is 0 Å². The van der Waals surface area contributed by atoms with Crippen molar-refractivity contribution in [2.45, 2.75) is 13.8 Å². The van der Waals surface area contributed by atoms with Crippen LogP contribution in [0, 0.1) is 34.1 Å². The molecule has 0 aliphatic heterocycles. The molecule has 22 heavy (non-hydrogen) atoms. The Kier molecular flexibility index (Phi) is 4.16. The second kappa shape index (κ2) is 6.04. The maximum atomic E-state index is 11.0. The van der Waals surface area contributed by atoms with Crippen molar-refractivity contribution in [2.75, 3.05) is 5.43 Å². The summed E-state index contributed by atoms with van der Waals surface area (Å²) >= 11 is 0. The summed E-state index contributed by atoms with van der Waals surface area (Å²) in [6.07, 6.45) is 1.46. The molecular formula is C13H12N4O5. The molecule has 0 fully saturated rings. The van der Waals surface area contributed by atoms with Gasteiger partial charge in [-0.2, -0.15) is 5.10 Å². The van der Waals surface area contributed by atoms with Crippen LogP contribution in [0.1, 0.15) is 17.1 Å². The quantitative estimate of drug-likeness (QED) is 0.514. The summed E-state index contributed by atoms with van der Waals surface area (Å²) in [4.78, 5) is 20.2. The molecule has 0 radical (unpaired) electrons. The van der Waals surface area contributed by atoms with Gasteiger partial charge in [0.1, 0.15) is 17.2 Å². The minimum Gasteiger partial charge on any atom is -0.466 e. The van der Waals surface area contributed by atoms with Gasteiger partial charge in [-0.1, -0.05) is 0 Å². The zero-order valence-corrected chi connectivity index (χ0v) is 11.8. The Morgan fingerprint density at radius 3 is 2.45 bits per heavy atom. The van der Waals surface area contributed by atoms with Crippen LogP contribution in [0.25, 0.3) is 0 Å². The van der Waals surface area contributed by atoms with Gasteiger partial charge in [-0.3, -0.25) is 25.7 Å². The Balaban J connectivity index is 2.24. The standard InChI is InChI=1S/C13H12N4O5/c1-8-5-10(9(2)22-8)7-14-15-12-4-3-11(16(18)19)6-13(12)17(20)21/h3-7,15H,1-2H3/b14-7+. The van der Waals surface area contributed by atoms with Crippen molar-refractivity contribution in [3.63, 3.8) is 0 Å². The molecule has 1 aromatic carbocycles. The second-order valence-corrected chi connectivity index (χ2v) is 4.45. The van der Waals surface area contributed by atoms with Crippen LogP contribution in [0.2, 0.25) is 0 Å². The van der Waals surface area contributed by atoms with Crippen molar-refractivity contribution in [1.82, 2.24) is 0 Å². The highest BCUT2D eigenvalue weighted by Crippen LogP contribution is 2.28. The number of nitrogens with zero attached hydrogens (tertiary/aromatic N) is 3. The molecule has 0 spiro atoms. The Morgan fingerprint density at radius 2 is 1.91 bits per heavy atom. The largest absolute Gasteiger partial charge is 0.466 e. The minimum atomic E-state index is -0.710. The van der Waals surface area contributed by atoms with Crippen molar-refractivity contribution in [3.05, 3.63) is 61.6 Å². The van der Waals surface area contributed by atoms with Crippen LogP contribution in [-0.4, -0.2) is 16.1 Å². The highest BCUT2D eigenvalue weighted by molar-refractivity contribution is 5.82. The Morgan fingerprint density at radius 1 is 1.18 bits per heavy atom. The lowest BCUT2D eigenvalue weighted by Crippen LogP contribution is -1.98. The highest BCUT2D eigenvalue weighted by Gasteiger charge is 2.19. The van der Waals surface area contributed by atoms with E-state index in [1.165, 1.54) is 12.3 Å². The number of hydrogen-bond donors (Lipinski definition) is 1. The van der Waals surface area contributed by atoms with Gasteiger partial charge in [0, 0.05) is 11.6 Å². The van der Waals surface area contributed by atoms with Crippen molar-refractivity contribution >= 4 is 23.3 Å². The van der Waals surface area contributed by atoms with E-state index in [4.69, 9.17) is 4.42 Å². The molecule has 0 aliphatic carbocycles. The van der Waals surface area contributed by atoms with Gasteiger partial charge >= 0.3 is 5.69 Å². The summed E-state index contributed by atoms with van der Waals surface area (Å²) in [6, 6.07) is 5.05. The summed E-state index contributed by atoms with van der Waals surface area (Å²) < 4.78 is 5.32. The van der Waals surface area contributed by atoms with Gasteiger partial charge in [0.05, 0.1) is 22.1 Å². The molecular weight excluding hydrogens is 292 g/mol. The molecule has 9 heteroatoms. The van der Waals surface area contributed by atoms with Gasteiger partial charge < -0.3 is 4.42 Å². The molecule has 1 aromatic heterocycles. The van der Waals surface area contributed by atoms with E-state index >= 15 is 0 Å². The predicted molar refractivity (Wildman–Crippen MR) is 79.1 cm³/mol. The molecule has 2 aromatic rings. The lowest BCUT2D eigenvalue weighted by atomic mass is 10.2. The monoisotopic (exact) mass is 304 g/mol. The number of aryl methyl sites for hydroxylation is 2. The molecule has 0 saturated carbocycles. The number of non-ortho nitro benzene ring substituents is 1. The lowest BCUT2D eigenvalue weighted by molar-refractivity contribution is -0.393. The van der Waals surface area contributed by atoms with Crippen molar-refractivity contribution in [1.29, 1.82) is 0 Å². The average Bonchev–Trinajstić information content (AvgIpc) is 2.77. The molecule has 0 atom stereocenters. The van der Waals surface area contributed by atoms with Crippen molar-refractivity contribution in [3.8, 4) is 0 Å². The van der Waals surface area contributed by atoms with Crippen LogP contribution in [0.15, 0.2) is 33.8 Å². The van der Waals surface area contributed by atoms with Crippen LogP contribution in [0.3, 0.4) is 0 Å². The van der Waals surface area contributed by atoms with E-state index in [0.29, 0.717) is 5.76 Å². The first-order valence-corrected chi connectivity index (χ1v) is 6.17. The highest BCUT2D eigenvalue weighted by atomic mass is 16.6. The van der Waals surface area contributed by atoms with Gasteiger partial charge in [0.25, 0.3) is 5.69 Å². The molecule has 114 valence electrons. The number of hydrogen-bond acceptors (Lipinski definition) is 7. The molecule has 0 saturated heterocycles. The van der Waals surface area contributed by atoms with Crippen LogP contribution in [0.5, 0.6) is 0 Å². The van der Waals surface area contributed by atoms with Crippen LogP contribution in [0.4, 0.5) is 17.1 Å². The fourth-order valence-electron chi connectivity index (χ4n) is 1.83. The van der Waals surface area contributed by atoms with Gasteiger partial charge in [-0.05, 0) is 26.0 Å². The number of anilines is 1. The number of nitro groups is 2. The first kappa shape index (κ1) is 15.2. The zero-order valence-electron chi connectivity index (χ0n) is 11.8. The van der Waals surface area contributed by atoms with Gasteiger partial charge in [-0.15, -0.1) is 0 Å². The topological polar surface area (TPSA) is 124 Å². The summed E-state index contributed by atoms with van der Waals surface area (Å²) in [5, 5.41) is 25.5. The molecule has 0 unspecified atom stereocenters. The van der Waals surface area contributed by atoms with Crippen LogP contribution >= 0.6 is 0 Å². The van der Waals surface area contributed by atoms with E-state index in [0.717, 1.165) is 23.5 Å². The predicted octanol–water partition coefficient (Wildman–Crippen LogP) is 3.16. The lowest BCUT2D eigenvalue weighted by Gasteiger charge is -2.01. The van der Waals surface area contributed by atoms with E-state index in [9.17, 15) is 20.2 Å². The third-order valence-electron chi connectivity index (χ3n) is 2.86. The average molecular weight is 304 g/mol. The fourth-order valence-corrected chi connectivity index (χ4v) is 1.83. The third-order valence-corrected chi connectivity index (χ3v) is 2.86. The molecule has 1 heterocycles. The molecule has 9 nitrogen and oxygen atoms in total. The van der Waals surface area contributed by atoms with E-state index in [1.807, 2.05) is 0 Å². The summed E-state index contributed by atoms with van der Waals surface area (Å²) in [6.45, 7) is 3.56. The SMILES string of the molecule is Cc1cc(/C=N/Nc2ccc([N+](=O)[O-])cc2[N+](=O)[O-])c(C)o1. The van der Waals surface area contributed by atoms with Gasteiger partial charge in [0.15, 0.2) is 0 Å². The van der Waals surface area contributed by atoms with E-state index in [1.54, 1.807) is 19.9 Å². The maximum Gasteiger partial charge on any atom is 0.301 e. The normalized spacial score (nSPS) is 10.8. The smallest absolute Gasteiger partial charge is 0.301 e. The zero-order chi connectivity index (χ0) is 16.3. The van der Waals surface area contributed by atoms with E-state index in [2.05, 4.69) is 10.5 Å². The Bertz CT molecular complexity index is 766. The molecule has 1 N–H and O–H groups in total. The van der Waals surface area contributed by atoms with Gasteiger partial charge in [-0.25, -0.2) is 0 Å². The van der Waals surface area contributed by atoms with Crippen LogP contribution in [-0.2, 0) is 0 Å². The first-order chi connectivity index (χ1) is 10.4.